The minimum absolute atomic E-state index is 0.615. The van der Waals surface area contributed by atoms with E-state index in [0.29, 0.717) is 16.4 Å². The van der Waals surface area contributed by atoms with Crippen LogP contribution in [0.25, 0.3) is 38.6 Å². The molecule has 37 heavy (non-hydrogen) atoms. The van der Waals surface area contributed by atoms with Gasteiger partial charge in [-0.15, -0.1) is 5.10 Å². The monoisotopic (exact) mass is 505 g/mol. The second kappa shape index (κ2) is 7.99. The molecule has 0 amide bonds. The molecule has 0 aliphatic heterocycles. The second-order valence-electron chi connectivity index (χ2n) is 9.10. The van der Waals surface area contributed by atoms with Crippen molar-refractivity contribution in [2.75, 3.05) is 0 Å². The molecule has 1 atom stereocenters. The van der Waals surface area contributed by atoms with Gasteiger partial charge in [-0.25, -0.2) is 4.98 Å². The topological polar surface area (TPSA) is 100 Å². The maximum Gasteiger partial charge on any atom is 0.180 e. The van der Waals surface area contributed by atoms with Crippen LogP contribution in [0.3, 0.4) is 0 Å². The van der Waals surface area contributed by atoms with Crippen LogP contribution in [0.15, 0.2) is 95.8 Å². The zero-order valence-corrected chi connectivity index (χ0v) is 20.5. The van der Waals surface area contributed by atoms with E-state index in [-0.39, 0.29) is 0 Å². The first kappa shape index (κ1) is 21.7. The van der Waals surface area contributed by atoms with E-state index in [4.69, 9.17) is 21.8 Å². The van der Waals surface area contributed by atoms with Crippen LogP contribution in [0.2, 0.25) is 5.02 Å². The third-order valence-electron chi connectivity index (χ3n) is 6.91. The quantitative estimate of drug-likeness (QED) is 0.347. The average Bonchev–Trinajstić information content (AvgIpc) is 3.67. The lowest BCUT2D eigenvalue weighted by molar-refractivity contribution is 0.445. The number of hydrogen-bond acceptors (Lipinski definition) is 6. The van der Waals surface area contributed by atoms with E-state index in [9.17, 15) is 0 Å². The lowest BCUT2D eigenvalue weighted by Crippen LogP contribution is -2.40. The van der Waals surface area contributed by atoms with Gasteiger partial charge in [0.25, 0.3) is 0 Å². The molecule has 8 nitrogen and oxygen atoms in total. The summed E-state index contributed by atoms with van der Waals surface area (Å²) < 4.78 is 9.98. The van der Waals surface area contributed by atoms with Crippen LogP contribution in [0, 0.1) is 0 Å². The maximum atomic E-state index is 7.34. The van der Waals surface area contributed by atoms with Gasteiger partial charge in [-0.3, -0.25) is 0 Å². The molecule has 0 aliphatic rings. The summed E-state index contributed by atoms with van der Waals surface area (Å²) in [5.41, 5.74) is 12.0. The van der Waals surface area contributed by atoms with Crippen LogP contribution in [-0.2, 0) is 12.6 Å². The van der Waals surface area contributed by atoms with E-state index in [1.807, 2.05) is 84.4 Å². The number of para-hydroxylation sites is 1. The Hall–Kier alpha value is -4.53. The van der Waals surface area contributed by atoms with Gasteiger partial charge in [0.2, 0.25) is 0 Å². The second-order valence-corrected chi connectivity index (χ2v) is 9.53. The molecule has 0 fully saturated rings. The lowest BCUT2D eigenvalue weighted by atomic mass is 9.83. The summed E-state index contributed by atoms with van der Waals surface area (Å²) in [7, 11) is 1.93. The molecule has 1 unspecified atom stereocenters. The SMILES string of the molecule is Cn1cncc1C(N)(c1ccc2c(c1)c(-c1cccc(Cl)c1)cc1nnnn12)c1cc2ccccc2o1. The Bertz CT molecular complexity index is 1920. The number of benzene rings is 3. The molecular formula is C28H20ClN7O. The Morgan fingerprint density at radius 1 is 0.973 bits per heavy atom. The maximum absolute atomic E-state index is 7.34. The van der Waals surface area contributed by atoms with E-state index in [0.717, 1.165) is 44.3 Å². The molecule has 4 heterocycles. The summed E-state index contributed by atoms with van der Waals surface area (Å²) in [6.07, 6.45) is 3.52. The number of halogens is 1. The summed E-state index contributed by atoms with van der Waals surface area (Å²) >= 11 is 6.36. The normalized spacial score (nSPS) is 13.5. The summed E-state index contributed by atoms with van der Waals surface area (Å²) in [4.78, 5) is 4.36. The van der Waals surface area contributed by atoms with Crippen LogP contribution < -0.4 is 5.73 Å². The summed E-state index contributed by atoms with van der Waals surface area (Å²) in [5.74, 6) is 0.615. The first-order chi connectivity index (χ1) is 18.0. The van der Waals surface area contributed by atoms with Crippen LogP contribution in [0.4, 0.5) is 0 Å². The number of tetrazole rings is 1. The van der Waals surface area contributed by atoms with Gasteiger partial charge in [0.05, 0.1) is 23.7 Å². The number of imidazole rings is 1. The number of fused-ring (bicyclic) bond motifs is 4. The summed E-state index contributed by atoms with van der Waals surface area (Å²) in [6.45, 7) is 0. The first-order valence-corrected chi connectivity index (χ1v) is 12.1. The van der Waals surface area contributed by atoms with Gasteiger partial charge in [0.15, 0.2) is 5.65 Å². The van der Waals surface area contributed by atoms with Crippen LogP contribution in [0.1, 0.15) is 17.0 Å². The third kappa shape index (κ3) is 3.27. The molecule has 0 spiro atoms. The van der Waals surface area contributed by atoms with E-state index < -0.39 is 5.54 Å². The van der Waals surface area contributed by atoms with Gasteiger partial charge in [-0.1, -0.05) is 48.0 Å². The van der Waals surface area contributed by atoms with E-state index >= 15 is 0 Å². The zero-order chi connectivity index (χ0) is 25.1. The standard InChI is InChI=1S/C28H20ClN7O/c1-35-16-31-15-25(35)28(30,26-12-18-5-2-3-8-24(18)37-26)19-9-10-23-22(13-19)21(14-27-32-33-34-36(23)27)17-6-4-7-20(29)11-17/h2-16H,30H2,1H3. The Labute approximate surface area is 215 Å². The third-order valence-corrected chi connectivity index (χ3v) is 7.14. The molecule has 2 N–H and O–H groups in total. The van der Waals surface area contributed by atoms with Crippen molar-refractivity contribution in [3.8, 4) is 11.1 Å². The van der Waals surface area contributed by atoms with Crippen LogP contribution >= 0.6 is 11.6 Å². The van der Waals surface area contributed by atoms with Crippen LogP contribution in [0.5, 0.6) is 0 Å². The van der Waals surface area contributed by atoms with E-state index in [1.54, 1.807) is 17.0 Å². The Morgan fingerprint density at radius 2 is 1.86 bits per heavy atom. The highest BCUT2D eigenvalue weighted by Gasteiger charge is 2.38. The summed E-state index contributed by atoms with van der Waals surface area (Å²) in [6, 6.07) is 25.6. The van der Waals surface area contributed by atoms with Crippen molar-refractivity contribution < 1.29 is 4.42 Å². The molecule has 180 valence electrons. The smallest absolute Gasteiger partial charge is 0.180 e. The first-order valence-electron chi connectivity index (χ1n) is 11.7. The van der Waals surface area contributed by atoms with Crippen molar-refractivity contribution in [3.05, 3.63) is 113 Å². The zero-order valence-electron chi connectivity index (χ0n) is 19.7. The number of aryl methyl sites for hydroxylation is 1. The molecule has 3 aromatic carbocycles. The highest BCUT2D eigenvalue weighted by molar-refractivity contribution is 6.30. The van der Waals surface area contributed by atoms with Gasteiger partial charge in [0.1, 0.15) is 16.9 Å². The Morgan fingerprint density at radius 3 is 2.68 bits per heavy atom. The molecule has 0 radical (unpaired) electrons. The number of aromatic nitrogens is 6. The number of rotatable bonds is 4. The largest absolute Gasteiger partial charge is 0.458 e. The van der Waals surface area contributed by atoms with Gasteiger partial charge in [-0.05, 0) is 69.6 Å². The Balaban J connectivity index is 1.55. The fraction of sp³-hybridized carbons (Fsp3) is 0.0714. The predicted molar refractivity (Wildman–Crippen MR) is 142 cm³/mol. The molecule has 0 bridgehead atoms. The van der Waals surface area contributed by atoms with E-state index in [2.05, 4.69) is 26.6 Å². The summed E-state index contributed by atoms with van der Waals surface area (Å²) in [5, 5.41) is 14.8. The highest BCUT2D eigenvalue weighted by atomic mass is 35.5. The van der Waals surface area contributed by atoms with Crippen molar-refractivity contribution in [1.82, 2.24) is 29.6 Å². The molecule has 0 saturated carbocycles. The number of furan rings is 1. The number of nitrogens with zero attached hydrogens (tertiary/aromatic N) is 6. The van der Waals surface area contributed by atoms with E-state index in [1.165, 1.54) is 0 Å². The number of nitrogens with two attached hydrogens (primary N) is 1. The fourth-order valence-electron chi connectivity index (χ4n) is 5.07. The van der Waals surface area contributed by atoms with Crippen molar-refractivity contribution in [3.63, 3.8) is 0 Å². The molecule has 0 aliphatic carbocycles. The Kier molecular flexibility index (Phi) is 4.69. The predicted octanol–water partition coefficient (Wildman–Crippen LogP) is 5.33. The van der Waals surface area contributed by atoms with Crippen molar-refractivity contribution in [1.29, 1.82) is 0 Å². The molecule has 4 aromatic heterocycles. The highest BCUT2D eigenvalue weighted by Crippen LogP contribution is 2.40. The lowest BCUT2D eigenvalue weighted by Gasteiger charge is -2.29. The van der Waals surface area contributed by atoms with Gasteiger partial charge >= 0.3 is 0 Å². The molecular weight excluding hydrogens is 486 g/mol. The van der Waals surface area contributed by atoms with Crippen molar-refractivity contribution in [2.45, 2.75) is 5.54 Å². The van der Waals surface area contributed by atoms with Gasteiger partial charge in [-0.2, -0.15) is 4.52 Å². The number of hydrogen-bond donors (Lipinski definition) is 1. The minimum Gasteiger partial charge on any atom is -0.458 e. The van der Waals surface area contributed by atoms with Gasteiger partial charge in [0, 0.05) is 22.8 Å². The molecule has 9 heteroatoms. The van der Waals surface area contributed by atoms with Crippen molar-refractivity contribution >= 4 is 39.1 Å². The number of pyridine rings is 1. The van der Waals surface area contributed by atoms with Crippen LogP contribution in [-0.4, -0.2) is 29.6 Å². The van der Waals surface area contributed by atoms with Crippen molar-refractivity contribution in [2.24, 2.45) is 12.8 Å². The molecule has 0 saturated heterocycles. The fourth-order valence-corrected chi connectivity index (χ4v) is 5.26. The van der Waals surface area contributed by atoms with Gasteiger partial charge < -0.3 is 14.7 Å². The average molecular weight is 506 g/mol. The minimum atomic E-state index is -1.13. The molecule has 7 rings (SSSR count). The molecule has 7 aromatic rings.